The van der Waals surface area contributed by atoms with Crippen LogP contribution in [-0.2, 0) is 5.54 Å². The van der Waals surface area contributed by atoms with Gasteiger partial charge in [-0.25, -0.2) is 0 Å². The van der Waals surface area contributed by atoms with Crippen LogP contribution in [0, 0.1) is 11.8 Å². The molecule has 19 heavy (non-hydrogen) atoms. The van der Waals surface area contributed by atoms with Crippen molar-refractivity contribution in [3.05, 3.63) is 11.7 Å². The normalized spacial score (nSPS) is 33.6. The number of nitrogens with two attached hydrogens (primary N) is 1. The van der Waals surface area contributed by atoms with Crippen molar-refractivity contribution in [2.45, 2.75) is 50.2 Å². The minimum absolute atomic E-state index is 0.139. The molecule has 1 heterocycles. The molecule has 2 saturated carbocycles. The van der Waals surface area contributed by atoms with E-state index in [1.807, 2.05) is 0 Å². The number of hydrogen-bond donors (Lipinski definition) is 1. The van der Waals surface area contributed by atoms with Crippen LogP contribution in [-0.4, -0.2) is 16.3 Å². The maximum absolute atomic E-state index is 12.8. The number of halogens is 3. The SMILES string of the molecule is CC(N)(c1nc(C2CC3CCC2C3)no1)C(F)(F)F. The quantitative estimate of drug-likeness (QED) is 0.901. The van der Waals surface area contributed by atoms with Crippen molar-refractivity contribution in [3.63, 3.8) is 0 Å². The van der Waals surface area contributed by atoms with E-state index in [4.69, 9.17) is 10.3 Å². The minimum Gasteiger partial charge on any atom is -0.337 e. The molecule has 0 aliphatic heterocycles. The summed E-state index contributed by atoms with van der Waals surface area (Å²) in [5, 5.41) is 3.73. The van der Waals surface area contributed by atoms with E-state index in [0.29, 0.717) is 17.7 Å². The molecule has 4 unspecified atom stereocenters. The fraction of sp³-hybridized carbons (Fsp3) is 0.833. The predicted octanol–water partition coefficient (Wildman–Crippen LogP) is 2.71. The van der Waals surface area contributed by atoms with E-state index in [0.717, 1.165) is 26.2 Å². The van der Waals surface area contributed by atoms with Crippen molar-refractivity contribution in [2.24, 2.45) is 17.6 Å². The number of fused-ring (bicyclic) bond motifs is 2. The van der Waals surface area contributed by atoms with E-state index in [1.165, 1.54) is 6.42 Å². The van der Waals surface area contributed by atoms with E-state index in [-0.39, 0.29) is 5.92 Å². The number of rotatable bonds is 2. The van der Waals surface area contributed by atoms with Crippen LogP contribution in [0.3, 0.4) is 0 Å². The molecule has 7 heteroatoms. The first kappa shape index (κ1) is 12.9. The molecule has 4 nitrogen and oxygen atoms in total. The molecule has 0 saturated heterocycles. The highest BCUT2D eigenvalue weighted by atomic mass is 19.4. The number of nitrogens with zero attached hydrogens (tertiary/aromatic N) is 2. The molecule has 2 fully saturated rings. The topological polar surface area (TPSA) is 64.9 Å². The van der Waals surface area contributed by atoms with Gasteiger partial charge in [0.25, 0.3) is 5.89 Å². The van der Waals surface area contributed by atoms with Gasteiger partial charge in [0, 0.05) is 5.92 Å². The Labute approximate surface area is 108 Å². The summed E-state index contributed by atoms with van der Waals surface area (Å²) in [5.41, 5.74) is 2.69. The van der Waals surface area contributed by atoms with E-state index in [1.54, 1.807) is 0 Å². The van der Waals surface area contributed by atoms with Gasteiger partial charge in [0.05, 0.1) is 0 Å². The first-order valence-corrected chi connectivity index (χ1v) is 6.48. The molecule has 3 rings (SSSR count). The van der Waals surface area contributed by atoms with Crippen molar-refractivity contribution in [1.29, 1.82) is 0 Å². The summed E-state index contributed by atoms with van der Waals surface area (Å²) < 4.78 is 43.2. The van der Waals surface area contributed by atoms with Gasteiger partial charge in [-0.15, -0.1) is 0 Å². The average molecular weight is 275 g/mol. The molecule has 2 aliphatic carbocycles. The molecule has 1 aromatic heterocycles. The van der Waals surface area contributed by atoms with E-state index < -0.39 is 17.6 Å². The molecule has 2 bridgehead atoms. The lowest BCUT2D eigenvalue weighted by Crippen LogP contribution is -2.48. The largest absolute Gasteiger partial charge is 0.415 e. The third kappa shape index (κ3) is 1.94. The fourth-order valence-electron chi connectivity index (χ4n) is 3.28. The Bertz CT molecular complexity index is 483. The molecular formula is C12H16F3N3O. The molecule has 4 atom stereocenters. The van der Waals surface area contributed by atoms with Crippen molar-refractivity contribution < 1.29 is 17.7 Å². The molecule has 2 aliphatic rings. The third-order valence-electron chi connectivity index (χ3n) is 4.54. The van der Waals surface area contributed by atoms with Gasteiger partial charge in [-0.05, 0) is 38.0 Å². The second-order valence-electron chi connectivity index (χ2n) is 5.94. The molecule has 0 spiro atoms. The van der Waals surface area contributed by atoms with Crippen molar-refractivity contribution in [1.82, 2.24) is 10.1 Å². The van der Waals surface area contributed by atoms with Crippen LogP contribution in [0.15, 0.2) is 4.52 Å². The molecule has 0 amide bonds. The summed E-state index contributed by atoms with van der Waals surface area (Å²) in [6.07, 6.45) is -0.197. The van der Waals surface area contributed by atoms with Crippen LogP contribution in [0.5, 0.6) is 0 Å². The third-order valence-corrected chi connectivity index (χ3v) is 4.54. The standard InChI is InChI=1S/C12H16F3N3O/c1-11(16,12(13,14)15)10-17-9(18-19-10)8-5-6-2-3-7(8)4-6/h6-8H,2-5,16H2,1H3. The summed E-state index contributed by atoms with van der Waals surface area (Å²) in [6.45, 7) is 0.852. The Hall–Kier alpha value is -1.11. The maximum atomic E-state index is 12.8. The lowest BCUT2D eigenvalue weighted by Gasteiger charge is -2.23. The van der Waals surface area contributed by atoms with Gasteiger partial charge in [0.2, 0.25) is 0 Å². The summed E-state index contributed by atoms with van der Waals surface area (Å²) >= 11 is 0. The highest BCUT2D eigenvalue weighted by Crippen LogP contribution is 2.52. The fourth-order valence-corrected chi connectivity index (χ4v) is 3.28. The Balaban J connectivity index is 1.84. The first-order chi connectivity index (χ1) is 8.79. The second-order valence-corrected chi connectivity index (χ2v) is 5.94. The smallest absolute Gasteiger partial charge is 0.337 e. The van der Waals surface area contributed by atoms with Gasteiger partial charge in [-0.3, -0.25) is 0 Å². The first-order valence-electron chi connectivity index (χ1n) is 6.48. The lowest BCUT2D eigenvalue weighted by molar-refractivity contribution is -0.190. The van der Waals surface area contributed by atoms with Crippen LogP contribution in [0.1, 0.15) is 50.2 Å². The minimum atomic E-state index is -4.61. The predicted molar refractivity (Wildman–Crippen MR) is 60.1 cm³/mol. The van der Waals surface area contributed by atoms with Crippen LogP contribution in [0.25, 0.3) is 0 Å². The summed E-state index contributed by atoms with van der Waals surface area (Å²) in [7, 11) is 0. The van der Waals surface area contributed by atoms with Crippen LogP contribution >= 0.6 is 0 Å². The Morgan fingerprint density at radius 3 is 2.53 bits per heavy atom. The van der Waals surface area contributed by atoms with Crippen LogP contribution in [0.4, 0.5) is 13.2 Å². The zero-order valence-corrected chi connectivity index (χ0v) is 10.6. The van der Waals surface area contributed by atoms with Gasteiger partial charge >= 0.3 is 6.18 Å². The van der Waals surface area contributed by atoms with Gasteiger partial charge in [-0.1, -0.05) is 11.6 Å². The number of aromatic nitrogens is 2. The molecule has 106 valence electrons. The monoisotopic (exact) mass is 275 g/mol. The van der Waals surface area contributed by atoms with Crippen molar-refractivity contribution in [3.8, 4) is 0 Å². The van der Waals surface area contributed by atoms with E-state index >= 15 is 0 Å². The van der Waals surface area contributed by atoms with E-state index in [9.17, 15) is 13.2 Å². The van der Waals surface area contributed by atoms with Crippen LogP contribution in [0.2, 0.25) is 0 Å². The lowest BCUT2D eigenvalue weighted by atomic mass is 9.88. The van der Waals surface area contributed by atoms with Crippen molar-refractivity contribution in [2.75, 3.05) is 0 Å². The Morgan fingerprint density at radius 2 is 2.00 bits per heavy atom. The Morgan fingerprint density at radius 1 is 1.26 bits per heavy atom. The number of hydrogen-bond acceptors (Lipinski definition) is 4. The highest BCUT2D eigenvalue weighted by Gasteiger charge is 2.54. The maximum Gasteiger partial charge on any atom is 0.415 e. The van der Waals surface area contributed by atoms with Gasteiger partial charge in [0.1, 0.15) is 0 Å². The second kappa shape index (κ2) is 3.94. The number of alkyl halides is 3. The molecule has 0 aromatic carbocycles. The molecule has 2 N–H and O–H groups in total. The van der Waals surface area contributed by atoms with E-state index in [2.05, 4.69) is 10.1 Å². The average Bonchev–Trinajstić information content (AvgIpc) is 3.03. The summed E-state index contributed by atoms with van der Waals surface area (Å²) in [5.74, 6) is 1.15. The zero-order chi connectivity index (χ0) is 13.8. The van der Waals surface area contributed by atoms with Gasteiger partial charge in [-0.2, -0.15) is 18.2 Å². The molecule has 0 radical (unpaired) electrons. The molecular weight excluding hydrogens is 259 g/mol. The van der Waals surface area contributed by atoms with Crippen molar-refractivity contribution >= 4 is 0 Å². The van der Waals surface area contributed by atoms with Gasteiger partial charge < -0.3 is 10.3 Å². The Kier molecular flexibility index (Phi) is 2.68. The zero-order valence-electron chi connectivity index (χ0n) is 10.6. The summed E-state index contributed by atoms with van der Waals surface area (Å²) in [6, 6.07) is 0. The van der Waals surface area contributed by atoms with Gasteiger partial charge in [0.15, 0.2) is 11.4 Å². The summed E-state index contributed by atoms with van der Waals surface area (Å²) in [4.78, 5) is 3.93. The van der Waals surface area contributed by atoms with Crippen LogP contribution < -0.4 is 5.73 Å². The highest BCUT2D eigenvalue weighted by molar-refractivity contribution is 5.10. The molecule has 1 aromatic rings.